The fourth-order valence-corrected chi connectivity index (χ4v) is 1.78. The van der Waals surface area contributed by atoms with Crippen molar-refractivity contribution in [3.05, 3.63) is 24.3 Å². The molecule has 0 aromatic heterocycles. The van der Waals surface area contributed by atoms with Crippen LogP contribution in [-0.2, 0) is 9.59 Å². The smallest absolute Gasteiger partial charge is 0.238 e. The van der Waals surface area contributed by atoms with E-state index in [0.29, 0.717) is 5.69 Å². The van der Waals surface area contributed by atoms with Crippen LogP contribution in [0.25, 0.3) is 0 Å². The van der Waals surface area contributed by atoms with Gasteiger partial charge in [0.05, 0.1) is 4.83 Å². The number of halogens is 1. The van der Waals surface area contributed by atoms with Crippen molar-refractivity contribution in [2.45, 2.75) is 31.0 Å². The highest BCUT2D eigenvalue weighted by Crippen LogP contribution is 2.30. The number of alkyl halides is 1. The number of carbonyl (C=O) groups excluding carboxylic acids is 2. The monoisotopic (exact) mass is 324 g/mol. The van der Waals surface area contributed by atoms with Crippen molar-refractivity contribution in [2.75, 3.05) is 10.6 Å². The summed E-state index contributed by atoms with van der Waals surface area (Å²) in [4.78, 5) is 23.2. The SMILES string of the molecule is CCC(Br)C(=O)Nc1cccc(NC(=O)C2CC2)c1. The molecule has 1 unspecified atom stereocenters. The van der Waals surface area contributed by atoms with Gasteiger partial charge in [-0.15, -0.1) is 0 Å². The average Bonchev–Trinajstić information content (AvgIpc) is 3.22. The van der Waals surface area contributed by atoms with Crippen molar-refractivity contribution < 1.29 is 9.59 Å². The zero-order chi connectivity index (χ0) is 13.8. The number of nitrogens with one attached hydrogen (secondary N) is 2. The van der Waals surface area contributed by atoms with Gasteiger partial charge in [0.2, 0.25) is 11.8 Å². The maximum absolute atomic E-state index is 11.7. The van der Waals surface area contributed by atoms with Crippen molar-refractivity contribution in [3.63, 3.8) is 0 Å². The van der Waals surface area contributed by atoms with Gasteiger partial charge in [-0.05, 0) is 37.5 Å². The summed E-state index contributed by atoms with van der Waals surface area (Å²) in [5.41, 5.74) is 1.41. The van der Waals surface area contributed by atoms with Crippen LogP contribution in [0.1, 0.15) is 26.2 Å². The summed E-state index contributed by atoms with van der Waals surface area (Å²) in [7, 11) is 0. The van der Waals surface area contributed by atoms with E-state index < -0.39 is 0 Å². The van der Waals surface area contributed by atoms with Crippen LogP contribution in [0.15, 0.2) is 24.3 Å². The van der Waals surface area contributed by atoms with Gasteiger partial charge in [0.15, 0.2) is 0 Å². The maximum Gasteiger partial charge on any atom is 0.238 e. The number of carbonyl (C=O) groups is 2. The molecule has 19 heavy (non-hydrogen) atoms. The molecule has 0 spiro atoms. The van der Waals surface area contributed by atoms with Gasteiger partial charge < -0.3 is 10.6 Å². The average molecular weight is 325 g/mol. The van der Waals surface area contributed by atoms with Crippen LogP contribution in [0.3, 0.4) is 0 Å². The van der Waals surface area contributed by atoms with Crippen LogP contribution >= 0.6 is 15.9 Å². The Labute approximate surface area is 121 Å². The quantitative estimate of drug-likeness (QED) is 0.817. The molecule has 1 aliphatic rings. The Hall–Kier alpha value is -1.36. The second-order valence-electron chi connectivity index (χ2n) is 4.71. The molecule has 1 saturated carbocycles. The first-order valence-corrected chi connectivity index (χ1v) is 7.37. The van der Waals surface area contributed by atoms with Crippen LogP contribution < -0.4 is 10.6 Å². The number of hydrogen-bond donors (Lipinski definition) is 2. The molecule has 1 aromatic carbocycles. The van der Waals surface area contributed by atoms with Gasteiger partial charge in [-0.1, -0.05) is 28.9 Å². The lowest BCUT2D eigenvalue weighted by Crippen LogP contribution is -2.22. The molecule has 0 aliphatic heterocycles. The van der Waals surface area contributed by atoms with Gasteiger partial charge in [0.25, 0.3) is 0 Å². The molecule has 2 amide bonds. The van der Waals surface area contributed by atoms with Crippen molar-refractivity contribution in [1.82, 2.24) is 0 Å². The number of amides is 2. The lowest BCUT2D eigenvalue weighted by Gasteiger charge is -2.10. The molecule has 2 rings (SSSR count). The first-order chi connectivity index (χ1) is 9.10. The molecule has 1 aliphatic carbocycles. The predicted molar refractivity (Wildman–Crippen MR) is 79.4 cm³/mol. The molecule has 0 saturated heterocycles. The van der Waals surface area contributed by atoms with Crippen LogP contribution in [0, 0.1) is 5.92 Å². The van der Waals surface area contributed by atoms with E-state index >= 15 is 0 Å². The van der Waals surface area contributed by atoms with Gasteiger partial charge in [-0.2, -0.15) is 0 Å². The fourth-order valence-electron chi connectivity index (χ4n) is 1.67. The molecule has 2 N–H and O–H groups in total. The fraction of sp³-hybridized carbons (Fsp3) is 0.429. The zero-order valence-electron chi connectivity index (χ0n) is 10.8. The third-order valence-corrected chi connectivity index (χ3v) is 4.05. The maximum atomic E-state index is 11.7. The van der Waals surface area contributed by atoms with Crippen molar-refractivity contribution >= 4 is 39.1 Å². The van der Waals surface area contributed by atoms with Crippen molar-refractivity contribution in [3.8, 4) is 0 Å². The van der Waals surface area contributed by atoms with Crippen LogP contribution in [0.2, 0.25) is 0 Å². The van der Waals surface area contributed by atoms with Crippen molar-refractivity contribution in [1.29, 1.82) is 0 Å². The number of hydrogen-bond acceptors (Lipinski definition) is 2. The normalized spacial score (nSPS) is 15.7. The Bertz CT molecular complexity index is 486. The highest BCUT2D eigenvalue weighted by atomic mass is 79.9. The van der Waals surface area contributed by atoms with E-state index in [1.54, 1.807) is 12.1 Å². The molecule has 5 heteroatoms. The third-order valence-electron chi connectivity index (χ3n) is 2.99. The molecule has 4 nitrogen and oxygen atoms in total. The minimum Gasteiger partial charge on any atom is -0.326 e. The van der Waals surface area contributed by atoms with E-state index in [-0.39, 0.29) is 22.6 Å². The molecular weight excluding hydrogens is 308 g/mol. The van der Waals surface area contributed by atoms with Gasteiger partial charge in [-0.25, -0.2) is 0 Å². The predicted octanol–water partition coefficient (Wildman–Crippen LogP) is 3.15. The largest absolute Gasteiger partial charge is 0.326 e. The summed E-state index contributed by atoms with van der Waals surface area (Å²) in [6.07, 6.45) is 2.68. The first-order valence-electron chi connectivity index (χ1n) is 6.46. The van der Waals surface area contributed by atoms with Gasteiger partial charge in [-0.3, -0.25) is 9.59 Å². The lowest BCUT2D eigenvalue weighted by molar-refractivity contribution is -0.117. The molecule has 0 heterocycles. The Morgan fingerprint density at radius 3 is 2.53 bits per heavy atom. The van der Waals surface area contributed by atoms with E-state index in [1.165, 1.54) is 0 Å². The molecule has 0 bridgehead atoms. The molecule has 1 fully saturated rings. The first kappa shape index (κ1) is 14.1. The van der Waals surface area contributed by atoms with E-state index in [9.17, 15) is 9.59 Å². The molecule has 0 radical (unpaired) electrons. The summed E-state index contributed by atoms with van der Waals surface area (Å²) in [6, 6.07) is 7.21. The second-order valence-corrected chi connectivity index (χ2v) is 5.81. The number of rotatable bonds is 5. The summed E-state index contributed by atoms with van der Waals surface area (Å²) >= 11 is 3.30. The van der Waals surface area contributed by atoms with Gasteiger partial charge in [0.1, 0.15) is 0 Å². The minimum atomic E-state index is -0.197. The summed E-state index contributed by atoms with van der Waals surface area (Å²) in [5, 5.41) is 5.67. The Morgan fingerprint density at radius 1 is 1.32 bits per heavy atom. The minimum absolute atomic E-state index is 0.0652. The standard InChI is InChI=1S/C14H17BrN2O2/c1-2-12(15)14(19)17-11-5-3-4-10(8-11)16-13(18)9-6-7-9/h3-5,8-9,12H,2,6-7H2,1H3,(H,16,18)(H,17,19). The third kappa shape index (κ3) is 4.06. The molecule has 102 valence electrons. The van der Waals surface area contributed by atoms with Crippen LogP contribution in [0.4, 0.5) is 11.4 Å². The molecule has 1 aromatic rings. The van der Waals surface area contributed by atoms with Crippen molar-refractivity contribution in [2.24, 2.45) is 5.92 Å². The van der Waals surface area contributed by atoms with Crippen LogP contribution in [0.5, 0.6) is 0 Å². The summed E-state index contributed by atoms with van der Waals surface area (Å²) in [5.74, 6) is 0.161. The highest BCUT2D eigenvalue weighted by molar-refractivity contribution is 9.10. The van der Waals surface area contributed by atoms with E-state index in [1.807, 2.05) is 19.1 Å². The van der Waals surface area contributed by atoms with Gasteiger partial charge >= 0.3 is 0 Å². The van der Waals surface area contributed by atoms with E-state index in [2.05, 4.69) is 26.6 Å². The topological polar surface area (TPSA) is 58.2 Å². The molecular formula is C14H17BrN2O2. The van der Waals surface area contributed by atoms with Crippen LogP contribution in [-0.4, -0.2) is 16.6 Å². The highest BCUT2D eigenvalue weighted by Gasteiger charge is 2.29. The zero-order valence-corrected chi connectivity index (χ0v) is 12.4. The Morgan fingerprint density at radius 2 is 1.95 bits per heavy atom. The number of anilines is 2. The number of benzene rings is 1. The molecule has 1 atom stereocenters. The lowest BCUT2D eigenvalue weighted by atomic mass is 10.2. The summed E-state index contributed by atoms with van der Waals surface area (Å²) < 4.78 is 0. The second kappa shape index (κ2) is 6.19. The Balaban J connectivity index is 1.98. The Kier molecular flexibility index (Phi) is 4.58. The van der Waals surface area contributed by atoms with E-state index in [4.69, 9.17) is 0 Å². The van der Waals surface area contributed by atoms with Gasteiger partial charge in [0, 0.05) is 17.3 Å². The van der Waals surface area contributed by atoms with E-state index in [0.717, 1.165) is 24.9 Å². The summed E-state index contributed by atoms with van der Waals surface area (Å²) in [6.45, 7) is 1.94.